The average Bonchev–Trinajstić information content (AvgIpc) is 2.84. The molecule has 0 aliphatic heterocycles. The van der Waals surface area contributed by atoms with Crippen LogP contribution in [0, 0.1) is 5.92 Å². The Hall–Kier alpha value is -0.160. The Labute approximate surface area is 142 Å². The van der Waals surface area contributed by atoms with Gasteiger partial charge in [-0.3, -0.25) is 0 Å². The van der Waals surface area contributed by atoms with E-state index in [4.69, 9.17) is 0 Å². The summed E-state index contributed by atoms with van der Waals surface area (Å²) in [4.78, 5) is 1.46. The lowest BCUT2D eigenvalue weighted by molar-refractivity contribution is 0.481. The second kappa shape index (κ2) is 8.32. The van der Waals surface area contributed by atoms with Crippen molar-refractivity contribution in [2.45, 2.75) is 19.8 Å². The van der Waals surface area contributed by atoms with Gasteiger partial charge < -0.3 is 5.32 Å². The minimum atomic E-state index is 0.640. The summed E-state index contributed by atoms with van der Waals surface area (Å²) < 4.78 is 2.34. The molecule has 0 aliphatic carbocycles. The van der Waals surface area contributed by atoms with Crippen molar-refractivity contribution in [3.05, 3.63) is 55.1 Å². The minimum absolute atomic E-state index is 0.640. The fourth-order valence-electron chi connectivity index (χ4n) is 2.26. The van der Waals surface area contributed by atoms with Crippen LogP contribution in [0.1, 0.15) is 17.4 Å². The molecule has 2 rings (SSSR count). The molecule has 0 saturated heterocycles. The molecule has 0 amide bonds. The molecule has 20 heavy (non-hydrogen) atoms. The van der Waals surface area contributed by atoms with E-state index in [9.17, 15) is 0 Å². The van der Waals surface area contributed by atoms with Crippen molar-refractivity contribution < 1.29 is 0 Å². The molecule has 1 unspecified atom stereocenters. The van der Waals surface area contributed by atoms with Crippen molar-refractivity contribution >= 4 is 43.2 Å². The fourth-order valence-corrected chi connectivity index (χ4v) is 4.10. The van der Waals surface area contributed by atoms with Gasteiger partial charge in [-0.15, -0.1) is 11.3 Å². The third-order valence-electron chi connectivity index (χ3n) is 3.23. The lowest BCUT2D eigenvalue weighted by atomic mass is 9.95. The maximum Gasteiger partial charge on any atom is 0.0285 e. The lowest BCUT2D eigenvalue weighted by Gasteiger charge is -2.17. The fraction of sp³-hybridized carbons (Fsp3) is 0.375. The molecule has 2 aromatic rings. The summed E-state index contributed by atoms with van der Waals surface area (Å²) >= 11 is 8.88. The Morgan fingerprint density at radius 2 is 1.85 bits per heavy atom. The van der Waals surface area contributed by atoms with E-state index in [1.807, 2.05) is 11.3 Å². The van der Waals surface area contributed by atoms with Gasteiger partial charge in [0.25, 0.3) is 0 Å². The highest BCUT2D eigenvalue weighted by molar-refractivity contribution is 9.10. The highest BCUT2D eigenvalue weighted by Gasteiger charge is 2.12. The Bertz CT molecular complexity index is 522. The van der Waals surface area contributed by atoms with Crippen LogP contribution in [0.4, 0.5) is 0 Å². The zero-order valence-electron chi connectivity index (χ0n) is 11.5. The standard InChI is InChI=1S/C16H19Br2NS/c1-2-19-10-13(8-16-9-15(18)11-20-16)7-12-3-5-14(17)6-4-12/h3-6,9,11,13,19H,2,7-8,10H2,1H3. The van der Waals surface area contributed by atoms with Crippen LogP contribution in [-0.4, -0.2) is 13.1 Å². The van der Waals surface area contributed by atoms with Crippen LogP contribution < -0.4 is 5.32 Å². The van der Waals surface area contributed by atoms with E-state index in [0.29, 0.717) is 5.92 Å². The van der Waals surface area contributed by atoms with Gasteiger partial charge >= 0.3 is 0 Å². The normalized spacial score (nSPS) is 12.6. The van der Waals surface area contributed by atoms with Gasteiger partial charge in [0.05, 0.1) is 0 Å². The minimum Gasteiger partial charge on any atom is -0.317 e. The van der Waals surface area contributed by atoms with E-state index in [-0.39, 0.29) is 0 Å². The molecule has 1 N–H and O–H groups in total. The summed E-state index contributed by atoms with van der Waals surface area (Å²) in [6, 6.07) is 10.9. The zero-order chi connectivity index (χ0) is 14.4. The molecular weight excluding hydrogens is 398 g/mol. The molecule has 1 heterocycles. The van der Waals surface area contributed by atoms with Crippen molar-refractivity contribution in [2.75, 3.05) is 13.1 Å². The van der Waals surface area contributed by atoms with Crippen molar-refractivity contribution in [1.29, 1.82) is 0 Å². The molecule has 0 fully saturated rings. The van der Waals surface area contributed by atoms with Crippen molar-refractivity contribution in [3.63, 3.8) is 0 Å². The number of hydrogen-bond donors (Lipinski definition) is 1. The molecule has 1 atom stereocenters. The van der Waals surface area contributed by atoms with Crippen molar-refractivity contribution in [2.24, 2.45) is 5.92 Å². The van der Waals surface area contributed by atoms with Crippen molar-refractivity contribution in [1.82, 2.24) is 5.32 Å². The van der Waals surface area contributed by atoms with Crippen LogP contribution in [0.5, 0.6) is 0 Å². The van der Waals surface area contributed by atoms with Gasteiger partial charge in [0, 0.05) is 19.2 Å². The lowest BCUT2D eigenvalue weighted by Crippen LogP contribution is -2.25. The van der Waals surface area contributed by atoms with E-state index in [2.05, 4.69) is 79.8 Å². The monoisotopic (exact) mass is 415 g/mol. The van der Waals surface area contributed by atoms with E-state index in [1.54, 1.807) is 0 Å². The van der Waals surface area contributed by atoms with Crippen LogP contribution >= 0.6 is 43.2 Å². The summed E-state index contributed by atoms with van der Waals surface area (Å²) in [5.41, 5.74) is 1.41. The highest BCUT2D eigenvalue weighted by atomic mass is 79.9. The van der Waals surface area contributed by atoms with Gasteiger partial charge in [0.2, 0.25) is 0 Å². The third-order valence-corrected chi connectivity index (χ3v) is 5.48. The number of benzene rings is 1. The summed E-state index contributed by atoms with van der Waals surface area (Å²) in [6.45, 7) is 4.27. The second-order valence-electron chi connectivity index (χ2n) is 4.94. The van der Waals surface area contributed by atoms with Gasteiger partial charge in [-0.2, -0.15) is 0 Å². The van der Waals surface area contributed by atoms with Gasteiger partial charge in [-0.25, -0.2) is 0 Å². The van der Waals surface area contributed by atoms with Gasteiger partial charge in [0.15, 0.2) is 0 Å². The number of rotatable bonds is 7. The van der Waals surface area contributed by atoms with Gasteiger partial charge in [0.1, 0.15) is 0 Å². The quantitative estimate of drug-likeness (QED) is 0.646. The molecule has 4 heteroatoms. The highest BCUT2D eigenvalue weighted by Crippen LogP contribution is 2.24. The molecule has 108 valence electrons. The first-order valence-corrected chi connectivity index (χ1v) is 9.32. The zero-order valence-corrected chi connectivity index (χ0v) is 15.5. The topological polar surface area (TPSA) is 12.0 Å². The molecule has 0 bridgehead atoms. The first-order valence-electron chi connectivity index (χ1n) is 6.85. The van der Waals surface area contributed by atoms with E-state index >= 15 is 0 Å². The number of halogens is 2. The molecule has 0 aliphatic rings. The Balaban J connectivity index is 2.00. The maximum absolute atomic E-state index is 3.54. The maximum atomic E-state index is 3.54. The summed E-state index contributed by atoms with van der Waals surface area (Å²) in [5, 5.41) is 5.66. The van der Waals surface area contributed by atoms with Gasteiger partial charge in [-0.1, -0.05) is 35.0 Å². The second-order valence-corrected chi connectivity index (χ2v) is 7.77. The van der Waals surface area contributed by atoms with E-state index < -0.39 is 0 Å². The molecule has 1 nitrogen and oxygen atoms in total. The van der Waals surface area contributed by atoms with E-state index in [0.717, 1.165) is 30.4 Å². The largest absolute Gasteiger partial charge is 0.317 e. The third kappa shape index (κ3) is 5.32. The summed E-state index contributed by atoms with van der Waals surface area (Å²) in [5.74, 6) is 0.640. The number of nitrogens with one attached hydrogen (secondary N) is 1. The Kier molecular flexibility index (Phi) is 6.75. The molecule has 0 radical (unpaired) electrons. The average molecular weight is 417 g/mol. The first kappa shape index (κ1) is 16.2. The molecular formula is C16H19Br2NS. The SMILES string of the molecule is CCNCC(Cc1ccc(Br)cc1)Cc1cc(Br)cs1. The summed E-state index contributed by atoms with van der Waals surface area (Å²) in [6.07, 6.45) is 2.26. The van der Waals surface area contributed by atoms with Gasteiger partial charge in [-0.05, 0) is 71.5 Å². The molecule has 1 aromatic carbocycles. The van der Waals surface area contributed by atoms with Crippen LogP contribution in [0.15, 0.2) is 44.7 Å². The molecule has 0 spiro atoms. The molecule has 1 aromatic heterocycles. The van der Waals surface area contributed by atoms with E-state index in [1.165, 1.54) is 14.9 Å². The first-order chi connectivity index (χ1) is 9.67. The van der Waals surface area contributed by atoms with Crippen LogP contribution in [0.2, 0.25) is 0 Å². The number of thiophene rings is 1. The predicted octanol–water partition coefficient (Wildman–Crippen LogP) is 5.28. The summed E-state index contributed by atoms with van der Waals surface area (Å²) in [7, 11) is 0. The Morgan fingerprint density at radius 1 is 1.10 bits per heavy atom. The Morgan fingerprint density at radius 3 is 2.45 bits per heavy atom. The van der Waals surface area contributed by atoms with Crippen LogP contribution in [0.3, 0.4) is 0 Å². The molecule has 0 saturated carbocycles. The van der Waals surface area contributed by atoms with Crippen LogP contribution in [-0.2, 0) is 12.8 Å². The predicted molar refractivity (Wildman–Crippen MR) is 95.6 cm³/mol. The number of hydrogen-bond acceptors (Lipinski definition) is 2. The smallest absolute Gasteiger partial charge is 0.0285 e. The van der Waals surface area contributed by atoms with Crippen molar-refractivity contribution in [3.8, 4) is 0 Å². The van der Waals surface area contributed by atoms with Crippen LogP contribution in [0.25, 0.3) is 0 Å².